The zero-order valence-electron chi connectivity index (χ0n) is 45.9. The molecule has 1 amide bonds. The molecule has 0 aromatic rings. The Labute approximate surface area is 431 Å². The fourth-order valence-corrected chi connectivity index (χ4v) is 8.42. The fraction of sp³-hybridized carbons (Fsp3) is 0.733. The average molecular weight is 999 g/mol. The Bertz CT molecular complexity index is 1480. The maximum Gasteiger partial charge on any atom is 0.306 e. The first-order valence-corrected chi connectivity index (χ1v) is 29.9. The molecule has 0 aromatic carbocycles. The normalized spacial score (nSPS) is 14.4. The molecule has 0 spiro atoms. The van der Waals surface area contributed by atoms with E-state index in [2.05, 4.69) is 99.0 Å². The highest BCUT2D eigenvalue weighted by Gasteiger charge is 2.27. The number of carbonyl (C=O) groups is 2. The van der Waals surface area contributed by atoms with Crippen molar-refractivity contribution in [3.63, 3.8) is 0 Å². The van der Waals surface area contributed by atoms with Gasteiger partial charge in [-0.15, -0.1) is 0 Å². The molecule has 0 aliphatic rings. The summed E-state index contributed by atoms with van der Waals surface area (Å²) in [4.78, 5) is 39.8. The van der Waals surface area contributed by atoms with Crippen molar-refractivity contribution in [1.82, 2.24) is 5.32 Å². The van der Waals surface area contributed by atoms with E-state index in [0.29, 0.717) is 23.9 Å². The van der Waals surface area contributed by atoms with Crippen LogP contribution in [-0.2, 0) is 27.9 Å². The summed E-state index contributed by atoms with van der Waals surface area (Å²) in [5.74, 6) is -0.595. The summed E-state index contributed by atoms with van der Waals surface area (Å²) in [6, 6.07) is -0.906. The second-order valence-corrected chi connectivity index (χ2v) is 21.5. The molecule has 0 heterocycles. The van der Waals surface area contributed by atoms with Crippen LogP contribution in [0.4, 0.5) is 0 Å². The van der Waals surface area contributed by atoms with Gasteiger partial charge in [0, 0.05) is 12.8 Å². The summed E-state index contributed by atoms with van der Waals surface area (Å²) in [5, 5.41) is 3.00. The van der Waals surface area contributed by atoms with Crippen molar-refractivity contribution in [3.8, 4) is 0 Å². The molecule has 3 unspecified atom stereocenters. The van der Waals surface area contributed by atoms with Crippen LogP contribution in [0.3, 0.4) is 0 Å². The molecular weight excluding hydrogens is 892 g/mol. The van der Waals surface area contributed by atoms with Crippen molar-refractivity contribution in [1.29, 1.82) is 0 Å². The van der Waals surface area contributed by atoms with Crippen LogP contribution in [0.2, 0.25) is 0 Å². The molecule has 9 nitrogen and oxygen atoms in total. The number of esters is 1. The lowest BCUT2D eigenvalue weighted by atomic mass is 10.0. The number of allylic oxidation sites excluding steroid dienone is 13. The highest BCUT2D eigenvalue weighted by molar-refractivity contribution is 7.45. The molecule has 0 saturated heterocycles. The number of likely N-dealkylation sites (N-methyl/N-ethyl adjacent to an activating group) is 1. The number of phosphoric acid groups is 1. The Morgan fingerprint density at radius 2 is 0.914 bits per heavy atom. The largest absolute Gasteiger partial charge is 0.756 e. The van der Waals surface area contributed by atoms with Gasteiger partial charge in [-0.1, -0.05) is 222 Å². The molecule has 1 N–H and O–H groups in total. The number of phosphoric ester groups is 1. The molecule has 0 aromatic heterocycles. The predicted molar refractivity (Wildman–Crippen MR) is 298 cm³/mol. The molecule has 3 atom stereocenters. The quantitative estimate of drug-likeness (QED) is 0.0212. The SMILES string of the molecule is CC/C=C\C/C=C\C/C=C\C/C=C\C/C=C\C/C=C\CCCCC(=O)OC(/C=C/CCCCCCCCCCCC)C(COP(=O)([O-])OCC[N+](C)(C)C)NC(=O)CCCCCCCCCCCCC. The van der Waals surface area contributed by atoms with Crippen molar-refractivity contribution in [2.45, 2.75) is 245 Å². The van der Waals surface area contributed by atoms with Crippen LogP contribution in [0.25, 0.3) is 0 Å². The molecule has 0 aliphatic heterocycles. The van der Waals surface area contributed by atoms with Crippen LogP contribution >= 0.6 is 7.82 Å². The van der Waals surface area contributed by atoms with Crippen LogP contribution in [-0.4, -0.2) is 69.4 Å². The van der Waals surface area contributed by atoms with E-state index in [1.54, 1.807) is 0 Å². The number of hydrogen-bond acceptors (Lipinski definition) is 7. The second-order valence-electron chi connectivity index (χ2n) is 20.1. The summed E-state index contributed by atoms with van der Waals surface area (Å²) in [5.41, 5.74) is 0. The van der Waals surface area contributed by atoms with Gasteiger partial charge >= 0.3 is 5.97 Å². The van der Waals surface area contributed by atoms with Crippen LogP contribution in [0.15, 0.2) is 85.1 Å². The van der Waals surface area contributed by atoms with Crippen molar-refractivity contribution >= 4 is 19.7 Å². The Morgan fingerprint density at radius 3 is 1.39 bits per heavy atom. The van der Waals surface area contributed by atoms with Crippen molar-refractivity contribution < 1.29 is 37.3 Å². The lowest BCUT2D eigenvalue weighted by Crippen LogP contribution is -2.47. The molecule has 0 fully saturated rings. The highest BCUT2D eigenvalue weighted by Crippen LogP contribution is 2.38. The second kappa shape index (κ2) is 49.8. The zero-order chi connectivity index (χ0) is 51.5. The van der Waals surface area contributed by atoms with Crippen molar-refractivity contribution in [2.75, 3.05) is 40.9 Å². The number of nitrogens with one attached hydrogen (secondary N) is 1. The van der Waals surface area contributed by atoms with Gasteiger partial charge in [0.25, 0.3) is 7.82 Å². The highest BCUT2D eigenvalue weighted by atomic mass is 31.2. The number of quaternary nitrogens is 1. The van der Waals surface area contributed by atoms with E-state index in [4.69, 9.17) is 13.8 Å². The lowest BCUT2D eigenvalue weighted by Gasteiger charge is -2.30. The number of unbranched alkanes of at least 4 members (excludes halogenated alkanes) is 22. The summed E-state index contributed by atoms with van der Waals surface area (Å²) < 4.78 is 30.1. The summed E-state index contributed by atoms with van der Waals surface area (Å²) in [6.45, 7) is 6.67. The minimum Gasteiger partial charge on any atom is -0.756 e. The van der Waals surface area contributed by atoms with Gasteiger partial charge in [-0.2, -0.15) is 0 Å². The van der Waals surface area contributed by atoms with Gasteiger partial charge in [0.1, 0.15) is 19.3 Å². The smallest absolute Gasteiger partial charge is 0.306 e. The van der Waals surface area contributed by atoms with E-state index in [-0.39, 0.29) is 24.9 Å². The summed E-state index contributed by atoms with van der Waals surface area (Å²) in [6.07, 6.45) is 64.1. The number of rotatable bonds is 50. The number of amides is 1. The third kappa shape index (κ3) is 50.1. The molecule has 0 radical (unpaired) electrons. The monoisotopic (exact) mass is 999 g/mol. The molecule has 404 valence electrons. The van der Waals surface area contributed by atoms with Gasteiger partial charge in [-0.25, -0.2) is 0 Å². The first-order valence-electron chi connectivity index (χ1n) is 28.4. The third-order valence-corrected chi connectivity index (χ3v) is 13.1. The van der Waals surface area contributed by atoms with Crippen molar-refractivity contribution in [3.05, 3.63) is 85.1 Å². The van der Waals surface area contributed by atoms with Crippen LogP contribution in [0.1, 0.15) is 233 Å². The zero-order valence-corrected chi connectivity index (χ0v) is 46.8. The Balaban J connectivity index is 5.38. The van der Waals surface area contributed by atoms with Crippen LogP contribution in [0, 0.1) is 0 Å². The maximum atomic E-state index is 13.4. The number of nitrogens with zero attached hydrogens (tertiary/aromatic N) is 1. The molecule has 10 heteroatoms. The van der Waals surface area contributed by atoms with E-state index < -0.39 is 26.6 Å². The molecule has 0 saturated carbocycles. The van der Waals surface area contributed by atoms with Gasteiger partial charge < -0.3 is 28.5 Å². The van der Waals surface area contributed by atoms with Crippen molar-refractivity contribution in [2.24, 2.45) is 0 Å². The van der Waals surface area contributed by atoms with Gasteiger partial charge in [0.15, 0.2) is 0 Å². The predicted octanol–water partition coefficient (Wildman–Crippen LogP) is 16.4. The minimum atomic E-state index is -4.70. The van der Waals surface area contributed by atoms with Gasteiger partial charge in [0.2, 0.25) is 5.91 Å². The first-order chi connectivity index (χ1) is 33.9. The van der Waals surface area contributed by atoms with Crippen LogP contribution < -0.4 is 10.2 Å². The average Bonchev–Trinajstić information content (AvgIpc) is 3.32. The number of hydrogen-bond donors (Lipinski definition) is 1. The molecule has 0 bridgehead atoms. The Hall–Kier alpha value is -2.81. The minimum absolute atomic E-state index is 0.0318. The maximum absolute atomic E-state index is 13.4. The molecule has 0 rings (SSSR count). The molecule has 0 aliphatic carbocycles. The number of ether oxygens (including phenoxy) is 1. The lowest BCUT2D eigenvalue weighted by molar-refractivity contribution is -0.870. The molecule has 70 heavy (non-hydrogen) atoms. The van der Waals surface area contributed by atoms with E-state index in [9.17, 15) is 19.0 Å². The van der Waals surface area contributed by atoms with Gasteiger partial charge in [-0.3, -0.25) is 14.2 Å². The molecular formula is C60H107N2O7P. The number of carbonyl (C=O) groups excluding carboxylic acids is 2. The van der Waals surface area contributed by atoms with E-state index in [1.165, 1.54) is 103 Å². The topological polar surface area (TPSA) is 114 Å². The van der Waals surface area contributed by atoms with E-state index >= 15 is 0 Å². The third-order valence-electron chi connectivity index (χ3n) is 12.1. The van der Waals surface area contributed by atoms with Crippen LogP contribution in [0.5, 0.6) is 0 Å². The Morgan fingerprint density at radius 1 is 0.514 bits per heavy atom. The van der Waals surface area contributed by atoms with Gasteiger partial charge in [0.05, 0.1) is 33.8 Å². The fourth-order valence-electron chi connectivity index (χ4n) is 7.70. The van der Waals surface area contributed by atoms with E-state index in [0.717, 1.165) is 89.9 Å². The summed E-state index contributed by atoms with van der Waals surface area (Å²) in [7, 11) is 1.15. The standard InChI is InChI=1S/C60H107N2O7P/c1-7-10-13-16-19-22-25-27-28-29-30-31-32-33-34-35-38-41-44-47-50-53-60(64)69-58(51-48-45-42-39-37-26-23-20-17-14-11-8-2)57(56-68-70(65,66)67-55-54-62(4,5)6)61-59(63)52-49-46-43-40-36-24-21-18-15-12-9-3/h10,13,19,22,27-28,30-31,33-34,38,41,48,51,57-58H,7-9,11-12,14-18,20-21,23-26,29,32,35-37,39-40,42-47,49-50,52-56H2,1-6H3,(H-,61,63,65,66)/b13-10-,22-19-,28-27-,31-30-,34-33-,41-38-,51-48+. The summed E-state index contributed by atoms with van der Waals surface area (Å²) >= 11 is 0. The Kier molecular flexibility index (Phi) is 47.8. The van der Waals surface area contributed by atoms with Gasteiger partial charge in [-0.05, 0) is 83.1 Å². The van der Waals surface area contributed by atoms with E-state index in [1.807, 2.05) is 33.3 Å². The first kappa shape index (κ1) is 67.2.